The molecule has 0 aliphatic carbocycles. The van der Waals surface area contributed by atoms with Crippen molar-refractivity contribution in [3.63, 3.8) is 0 Å². The molecule has 1 amide bonds. The molecule has 19 heavy (non-hydrogen) atoms. The number of carbonyl (C=O) groups is 2. The lowest BCUT2D eigenvalue weighted by molar-refractivity contribution is -0.113. The monoisotopic (exact) mass is 313 g/mol. The predicted octanol–water partition coefficient (Wildman–Crippen LogP) is 3.33. The molecule has 2 rings (SSSR count). The van der Waals surface area contributed by atoms with Crippen LogP contribution in [0.15, 0.2) is 33.2 Å². The Kier molecular flexibility index (Phi) is 5.00. The molecular formula is C12H11NO3S3. The minimum Gasteiger partial charge on any atom is -0.465 e. The summed E-state index contributed by atoms with van der Waals surface area (Å²) in [6.07, 6.45) is 0. The molecule has 0 saturated heterocycles. The van der Waals surface area contributed by atoms with Gasteiger partial charge in [0, 0.05) is 0 Å². The lowest BCUT2D eigenvalue weighted by atomic mass is 10.4. The highest BCUT2D eigenvalue weighted by Gasteiger charge is 2.15. The topological polar surface area (TPSA) is 55.4 Å². The molecule has 2 aromatic heterocycles. The van der Waals surface area contributed by atoms with E-state index in [2.05, 4.69) is 10.1 Å². The van der Waals surface area contributed by atoms with E-state index in [-0.39, 0.29) is 5.91 Å². The number of hydrogen-bond donors (Lipinski definition) is 1. The Bertz CT molecular complexity index is 563. The number of esters is 1. The van der Waals surface area contributed by atoms with Crippen LogP contribution in [0.2, 0.25) is 0 Å². The maximum atomic E-state index is 11.8. The smallest absolute Gasteiger partial charge is 0.350 e. The summed E-state index contributed by atoms with van der Waals surface area (Å²) in [6.45, 7) is 0. The van der Waals surface area contributed by atoms with Crippen molar-refractivity contribution in [2.45, 2.75) is 4.21 Å². The average molecular weight is 313 g/mol. The van der Waals surface area contributed by atoms with Gasteiger partial charge in [0.05, 0.1) is 22.8 Å². The molecule has 2 heterocycles. The number of methoxy groups -OCH3 is 1. The van der Waals surface area contributed by atoms with E-state index in [0.717, 1.165) is 4.21 Å². The van der Waals surface area contributed by atoms with Crippen LogP contribution in [0.4, 0.5) is 5.69 Å². The molecule has 0 bridgehead atoms. The van der Waals surface area contributed by atoms with Crippen molar-refractivity contribution in [3.8, 4) is 0 Å². The quantitative estimate of drug-likeness (QED) is 0.679. The molecule has 0 unspecified atom stereocenters. The number of thiophene rings is 2. The van der Waals surface area contributed by atoms with Gasteiger partial charge in [-0.05, 0) is 22.9 Å². The van der Waals surface area contributed by atoms with Crippen molar-refractivity contribution < 1.29 is 14.3 Å². The van der Waals surface area contributed by atoms with Crippen LogP contribution in [-0.4, -0.2) is 24.7 Å². The van der Waals surface area contributed by atoms with Crippen molar-refractivity contribution in [1.29, 1.82) is 0 Å². The fraction of sp³-hybridized carbons (Fsp3) is 0.167. The highest BCUT2D eigenvalue weighted by molar-refractivity contribution is 8.01. The number of nitrogens with one attached hydrogen (secondary N) is 1. The first-order valence-electron chi connectivity index (χ1n) is 5.32. The zero-order chi connectivity index (χ0) is 13.7. The van der Waals surface area contributed by atoms with Gasteiger partial charge < -0.3 is 10.1 Å². The van der Waals surface area contributed by atoms with Gasteiger partial charge in [0.2, 0.25) is 5.91 Å². The van der Waals surface area contributed by atoms with Crippen LogP contribution in [0, 0.1) is 0 Å². The summed E-state index contributed by atoms with van der Waals surface area (Å²) in [7, 11) is 1.32. The molecule has 0 fully saturated rings. The third-order valence-electron chi connectivity index (χ3n) is 2.15. The van der Waals surface area contributed by atoms with E-state index in [1.165, 1.54) is 30.2 Å². The van der Waals surface area contributed by atoms with Gasteiger partial charge in [-0.15, -0.1) is 34.4 Å². The number of thioether (sulfide) groups is 1. The van der Waals surface area contributed by atoms with Gasteiger partial charge in [0.15, 0.2) is 0 Å². The van der Waals surface area contributed by atoms with Gasteiger partial charge in [0.1, 0.15) is 4.88 Å². The Morgan fingerprint density at radius 1 is 1.32 bits per heavy atom. The van der Waals surface area contributed by atoms with E-state index in [9.17, 15) is 9.59 Å². The van der Waals surface area contributed by atoms with E-state index in [0.29, 0.717) is 16.3 Å². The van der Waals surface area contributed by atoms with E-state index in [1.807, 2.05) is 17.5 Å². The first-order valence-corrected chi connectivity index (χ1v) is 8.07. The molecule has 0 atom stereocenters. The summed E-state index contributed by atoms with van der Waals surface area (Å²) in [5.74, 6) is -0.255. The van der Waals surface area contributed by atoms with Crippen LogP contribution in [0.3, 0.4) is 0 Å². The summed E-state index contributed by atoms with van der Waals surface area (Å²) in [4.78, 5) is 23.7. The molecule has 0 spiro atoms. The highest BCUT2D eigenvalue weighted by Crippen LogP contribution is 2.25. The summed E-state index contributed by atoms with van der Waals surface area (Å²) in [5, 5.41) is 6.43. The van der Waals surface area contributed by atoms with Crippen molar-refractivity contribution >= 4 is 52.0 Å². The lowest BCUT2D eigenvalue weighted by Gasteiger charge is -2.04. The summed E-state index contributed by atoms with van der Waals surface area (Å²) < 4.78 is 5.74. The van der Waals surface area contributed by atoms with Gasteiger partial charge in [-0.1, -0.05) is 6.07 Å². The van der Waals surface area contributed by atoms with Gasteiger partial charge in [-0.2, -0.15) is 0 Å². The minimum atomic E-state index is -0.434. The zero-order valence-corrected chi connectivity index (χ0v) is 12.5. The molecule has 0 radical (unpaired) electrons. The molecule has 0 aromatic carbocycles. The molecule has 0 aliphatic heterocycles. The van der Waals surface area contributed by atoms with E-state index in [1.54, 1.807) is 22.8 Å². The zero-order valence-electron chi connectivity index (χ0n) is 10.0. The fourth-order valence-corrected chi connectivity index (χ4v) is 3.68. The Morgan fingerprint density at radius 3 is 2.84 bits per heavy atom. The molecule has 0 saturated carbocycles. The number of ether oxygens (including phenoxy) is 1. The van der Waals surface area contributed by atoms with E-state index in [4.69, 9.17) is 0 Å². The molecular weight excluding hydrogens is 302 g/mol. The highest BCUT2D eigenvalue weighted by atomic mass is 32.2. The number of rotatable bonds is 5. The molecule has 4 nitrogen and oxygen atoms in total. The molecule has 100 valence electrons. The number of amides is 1. The normalized spacial score (nSPS) is 10.2. The Labute approximate surface area is 122 Å². The summed E-state index contributed by atoms with van der Waals surface area (Å²) in [6, 6.07) is 5.61. The standard InChI is InChI=1S/C12H11NO3S3/c1-16-12(15)11-8(4-6-18-11)13-9(14)7-19-10-3-2-5-17-10/h2-6H,7H2,1H3,(H,13,14). The van der Waals surface area contributed by atoms with Crippen molar-refractivity contribution in [2.75, 3.05) is 18.2 Å². The second kappa shape index (κ2) is 6.74. The van der Waals surface area contributed by atoms with Crippen LogP contribution < -0.4 is 5.32 Å². The minimum absolute atomic E-state index is 0.137. The van der Waals surface area contributed by atoms with Crippen LogP contribution in [0.25, 0.3) is 0 Å². The summed E-state index contributed by atoms with van der Waals surface area (Å²) in [5.41, 5.74) is 0.508. The van der Waals surface area contributed by atoms with Crippen molar-refractivity contribution in [1.82, 2.24) is 0 Å². The van der Waals surface area contributed by atoms with E-state index < -0.39 is 5.97 Å². The van der Waals surface area contributed by atoms with Crippen LogP contribution in [-0.2, 0) is 9.53 Å². The molecule has 0 aliphatic rings. The third kappa shape index (κ3) is 3.82. The SMILES string of the molecule is COC(=O)c1sccc1NC(=O)CSc1cccs1. The van der Waals surface area contributed by atoms with Gasteiger partial charge in [-0.3, -0.25) is 4.79 Å². The van der Waals surface area contributed by atoms with Crippen LogP contribution >= 0.6 is 34.4 Å². The first kappa shape index (κ1) is 14.1. The predicted molar refractivity (Wildman–Crippen MR) is 79.3 cm³/mol. The second-order valence-corrected chi connectivity index (χ2v) is 6.56. The maximum absolute atomic E-state index is 11.8. The maximum Gasteiger partial charge on any atom is 0.350 e. The lowest BCUT2D eigenvalue weighted by Crippen LogP contribution is -2.15. The Morgan fingerprint density at radius 2 is 2.16 bits per heavy atom. The second-order valence-electron chi connectivity index (χ2n) is 3.42. The number of anilines is 1. The van der Waals surface area contributed by atoms with Crippen molar-refractivity contribution in [3.05, 3.63) is 33.8 Å². The molecule has 1 N–H and O–H groups in total. The van der Waals surface area contributed by atoms with Gasteiger partial charge >= 0.3 is 5.97 Å². The van der Waals surface area contributed by atoms with E-state index >= 15 is 0 Å². The third-order valence-corrected chi connectivity index (χ3v) is 5.18. The van der Waals surface area contributed by atoms with Gasteiger partial charge in [-0.25, -0.2) is 4.79 Å². The fourth-order valence-electron chi connectivity index (χ4n) is 1.33. The molecule has 2 aromatic rings. The van der Waals surface area contributed by atoms with Gasteiger partial charge in [0.25, 0.3) is 0 Å². The largest absolute Gasteiger partial charge is 0.465 e. The first-order chi connectivity index (χ1) is 9.20. The summed E-state index contributed by atoms with van der Waals surface area (Å²) >= 11 is 4.31. The van der Waals surface area contributed by atoms with Crippen molar-refractivity contribution in [2.24, 2.45) is 0 Å². The average Bonchev–Trinajstić information content (AvgIpc) is 3.06. The Hall–Kier alpha value is -1.31. The van der Waals surface area contributed by atoms with Crippen LogP contribution in [0.1, 0.15) is 9.67 Å². The number of hydrogen-bond acceptors (Lipinski definition) is 6. The van der Waals surface area contributed by atoms with Crippen LogP contribution in [0.5, 0.6) is 0 Å². The Balaban J connectivity index is 1.92. The number of carbonyl (C=O) groups excluding carboxylic acids is 2. The molecule has 7 heteroatoms.